The molecule has 1 saturated carbocycles. The van der Waals surface area contributed by atoms with Gasteiger partial charge in [0, 0.05) is 37.3 Å². The fourth-order valence-corrected chi connectivity index (χ4v) is 4.37. The SMILES string of the molecule is COc1nc2c(cc1CNC(=O)C1CCOCC1)C(=O)N(C1CCCC1)C2. The minimum absolute atomic E-state index is 0.00776. The summed E-state index contributed by atoms with van der Waals surface area (Å²) in [4.78, 5) is 31.8. The number of hydrogen-bond acceptors (Lipinski definition) is 5. The first-order valence-corrected chi connectivity index (χ1v) is 9.90. The van der Waals surface area contributed by atoms with Crippen molar-refractivity contribution in [1.29, 1.82) is 0 Å². The quantitative estimate of drug-likeness (QED) is 0.854. The minimum Gasteiger partial charge on any atom is -0.481 e. The Morgan fingerprint density at radius 1 is 1.30 bits per heavy atom. The number of pyridine rings is 1. The van der Waals surface area contributed by atoms with Crippen molar-refractivity contribution in [2.75, 3.05) is 20.3 Å². The van der Waals surface area contributed by atoms with Gasteiger partial charge in [0.15, 0.2) is 0 Å². The second-order valence-corrected chi connectivity index (χ2v) is 7.63. The first-order chi connectivity index (χ1) is 13.2. The van der Waals surface area contributed by atoms with Crippen LogP contribution in [0.2, 0.25) is 0 Å². The lowest BCUT2D eigenvalue weighted by Gasteiger charge is -2.22. The summed E-state index contributed by atoms with van der Waals surface area (Å²) in [5.74, 6) is 0.567. The summed E-state index contributed by atoms with van der Waals surface area (Å²) in [5, 5.41) is 2.98. The van der Waals surface area contributed by atoms with E-state index in [-0.39, 0.29) is 17.7 Å². The Labute approximate surface area is 159 Å². The molecule has 7 heteroatoms. The van der Waals surface area contributed by atoms with Crippen LogP contribution in [0.1, 0.15) is 60.1 Å². The van der Waals surface area contributed by atoms with Gasteiger partial charge in [-0.1, -0.05) is 12.8 Å². The zero-order valence-corrected chi connectivity index (χ0v) is 15.8. The Bertz CT molecular complexity index is 724. The molecule has 0 radical (unpaired) electrons. The van der Waals surface area contributed by atoms with E-state index in [4.69, 9.17) is 9.47 Å². The molecule has 27 heavy (non-hydrogen) atoms. The molecule has 146 valence electrons. The molecule has 1 saturated heterocycles. The average Bonchev–Trinajstić information content (AvgIpc) is 3.34. The fourth-order valence-electron chi connectivity index (χ4n) is 4.37. The number of ether oxygens (including phenoxy) is 2. The molecular weight excluding hydrogens is 346 g/mol. The van der Waals surface area contributed by atoms with E-state index in [2.05, 4.69) is 10.3 Å². The van der Waals surface area contributed by atoms with Crippen LogP contribution in [0.3, 0.4) is 0 Å². The highest BCUT2D eigenvalue weighted by Crippen LogP contribution is 2.33. The number of amides is 2. The number of fused-ring (bicyclic) bond motifs is 1. The zero-order valence-electron chi connectivity index (χ0n) is 15.8. The van der Waals surface area contributed by atoms with Crippen LogP contribution in [0.25, 0.3) is 0 Å². The third-order valence-corrected chi connectivity index (χ3v) is 5.96. The van der Waals surface area contributed by atoms with Gasteiger partial charge in [-0.3, -0.25) is 9.59 Å². The maximum Gasteiger partial charge on any atom is 0.256 e. The van der Waals surface area contributed by atoms with Crippen molar-refractivity contribution in [3.8, 4) is 5.88 Å². The zero-order chi connectivity index (χ0) is 18.8. The molecule has 1 N–H and O–H groups in total. The summed E-state index contributed by atoms with van der Waals surface area (Å²) < 4.78 is 10.7. The average molecular weight is 373 g/mol. The van der Waals surface area contributed by atoms with Crippen LogP contribution in [0.4, 0.5) is 0 Å². The van der Waals surface area contributed by atoms with E-state index in [9.17, 15) is 9.59 Å². The smallest absolute Gasteiger partial charge is 0.256 e. The lowest BCUT2D eigenvalue weighted by molar-refractivity contribution is -0.128. The first kappa shape index (κ1) is 18.2. The Morgan fingerprint density at radius 2 is 2.04 bits per heavy atom. The number of carbonyl (C=O) groups is 2. The van der Waals surface area contributed by atoms with Crippen molar-refractivity contribution < 1.29 is 19.1 Å². The van der Waals surface area contributed by atoms with E-state index in [0.29, 0.717) is 43.8 Å². The van der Waals surface area contributed by atoms with Crippen LogP contribution < -0.4 is 10.1 Å². The molecule has 0 unspecified atom stereocenters. The van der Waals surface area contributed by atoms with Gasteiger partial charge in [-0.2, -0.15) is 0 Å². The number of nitrogens with one attached hydrogen (secondary N) is 1. The number of carbonyl (C=O) groups excluding carboxylic acids is 2. The summed E-state index contributed by atoms with van der Waals surface area (Å²) in [6, 6.07) is 2.18. The number of rotatable bonds is 5. The molecule has 3 aliphatic rings. The Hall–Kier alpha value is -2.15. The monoisotopic (exact) mass is 373 g/mol. The number of methoxy groups -OCH3 is 1. The molecule has 2 amide bonds. The molecule has 0 atom stereocenters. The van der Waals surface area contributed by atoms with Crippen LogP contribution in [0.5, 0.6) is 5.88 Å². The molecule has 4 rings (SSSR count). The Morgan fingerprint density at radius 3 is 2.74 bits per heavy atom. The molecule has 7 nitrogen and oxygen atoms in total. The van der Waals surface area contributed by atoms with E-state index < -0.39 is 0 Å². The number of hydrogen-bond donors (Lipinski definition) is 1. The molecule has 0 aromatic carbocycles. The third kappa shape index (κ3) is 3.65. The Balaban J connectivity index is 1.47. The predicted molar refractivity (Wildman–Crippen MR) is 98.3 cm³/mol. The summed E-state index contributed by atoms with van der Waals surface area (Å²) in [7, 11) is 1.57. The molecular formula is C20H27N3O4. The van der Waals surface area contributed by atoms with Gasteiger partial charge < -0.3 is 19.7 Å². The molecule has 1 aliphatic carbocycles. The number of nitrogens with zero attached hydrogens (tertiary/aromatic N) is 2. The standard InChI is InChI=1S/C20H27N3O4/c1-26-19-14(11-21-18(24)13-6-8-27-9-7-13)10-16-17(22-19)12-23(20(16)25)15-4-2-3-5-15/h10,13,15H,2-9,11-12H2,1H3,(H,21,24). The molecule has 1 aromatic heterocycles. The van der Waals surface area contributed by atoms with E-state index >= 15 is 0 Å². The highest BCUT2D eigenvalue weighted by Gasteiger charge is 2.36. The van der Waals surface area contributed by atoms with Crippen LogP contribution in [-0.2, 0) is 22.6 Å². The second-order valence-electron chi connectivity index (χ2n) is 7.63. The topological polar surface area (TPSA) is 80.8 Å². The maximum absolute atomic E-state index is 12.9. The van der Waals surface area contributed by atoms with Gasteiger partial charge in [0.05, 0.1) is 24.9 Å². The summed E-state index contributed by atoms with van der Waals surface area (Å²) in [6.07, 6.45) is 6.02. The van der Waals surface area contributed by atoms with E-state index in [0.717, 1.165) is 36.9 Å². The van der Waals surface area contributed by atoms with Gasteiger partial charge in [0.1, 0.15) is 0 Å². The van der Waals surface area contributed by atoms with Crippen LogP contribution in [-0.4, -0.2) is 48.1 Å². The van der Waals surface area contributed by atoms with Gasteiger partial charge in [-0.25, -0.2) is 4.98 Å². The minimum atomic E-state index is -0.00776. The van der Waals surface area contributed by atoms with Gasteiger partial charge in [0.25, 0.3) is 5.91 Å². The molecule has 1 aromatic rings. The van der Waals surface area contributed by atoms with E-state index in [1.54, 1.807) is 7.11 Å². The predicted octanol–water partition coefficient (Wildman–Crippen LogP) is 2.03. The molecule has 3 heterocycles. The van der Waals surface area contributed by atoms with Crippen molar-refractivity contribution in [3.05, 3.63) is 22.9 Å². The molecule has 0 spiro atoms. The van der Waals surface area contributed by atoms with Crippen LogP contribution >= 0.6 is 0 Å². The van der Waals surface area contributed by atoms with Crippen molar-refractivity contribution in [1.82, 2.24) is 15.2 Å². The summed E-state index contributed by atoms with van der Waals surface area (Å²) in [6.45, 7) is 2.14. The number of aromatic nitrogens is 1. The lowest BCUT2D eigenvalue weighted by atomic mass is 9.99. The van der Waals surface area contributed by atoms with Crippen molar-refractivity contribution in [2.24, 2.45) is 5.92 Å². The molecule has 0 bridgehead atoms. The highest BCUT2D eigenvalue weighted by atomic mass is 16.5. The van der Waals surface area contributed by atoms with E-state index in [1.165, 1.54) is 12.8 Å². The largest absolute Gasteiger partial charge is 0.481 e. The molecule has 2 aliphatic heterocycles. The van der Waals surface area contributed by atoms with Gasteiger partial charge in [0.2, 0.25) is 11.8 Å². The summed E-state index contributed by atoms with van der Waals surface area (Å²) in [5.41, 5.74) is 2.18. The second kappa shape index (κ2) is 7.84. The Kier molecular flexibility index (Phi) is 5.29. The van der Waals surface area contributed by atoms with Crippen LogP contribution in [0.15, 0.2) is 6.07 Å². The van der Waals surface area contributed by atoms with Crippen molar-refractivity contribution in [3.63, 3.8) is 0 Å². The maximum atomic E-state index is 12.9. The normalized spacial score (nSPS) is 20.8. The van der Waals surface area contributed by atoms with Crippen molar-refractivity contribution in [2.45, 2.75) is 57.7 Å². The lowest BCUT2D eigenvalue weighted by Crippen LogP contribution is -2.34. The summed E-state index contributed by atoms with van der Waals surface area (Å²) >= 11 is 0. The van der Waals surface area contributed by atoms with Gasteiger partial charge in [-0.15, -0.1) is 0 Å². The fraction of sp³-hybridized carbons (Fsp3) is 0.650. The van der Waals surface area contributed by atoms with Crippen molar-refractivity contribution >= 4 is 11.8 Å². The highest BCUT2D eigenvalue weighted by molar-refractivity contribution is 5.98. The van der Waals surface area contributed by atoms with Gasteiger partial charge in [-0.05, 0) is 31.7 Å². The van der Waals surface area contributed by atoms with Crippen LogP contribution in [0, 0.1) is 5.92 Å². The van der Waals surface area contributed by atoms with E-state index in [1.807, 2.05) is 11.0 Å². The van der Waals surface area contributed by atoms with Gasteiger partial charge >= 0.3 is 0 Å². The molecule has 2 fully saturated rings. The first-order valence-electron chi connectivity index (χ1n) is 9.90. The third-order valence-electron chi connectivity index (χ3n) is 5.96.